The van der Waals surface area contributed by atoms with E-state index in [-0.39, 0.29) is 16.7 Å². The average Bonchev–Trinajstić information content (AvgIpc) is 2.93. The summed E-state index contributed by atoms with van der Waals surface area (Å²) < 4.78 is 0. The molecule has 1 N–H and O–H groups in total. The number of nitrogens with one attached hydrogen (secondary N) is 1. The van der Waals surface area contributed by atoms with Gasteiger partial charge in [-0.15, -0.1) is 0 Å². The number of benzene rings is 1. The first-order chi connectivity index (χ1) is 10.5. The molecule has 6 nitrogen and oxygen atoms in total. The van der Waals surface area contributed by atoms with Crippen molar-refractivity contribution >= 4 is 39.8 Å². The van der Waals surface area contributed by atoms with E-state index in [1.807, 2.05) is 0 Å². The summed E-state index contributed by atoms with van der Waals surface area (Å²) in [7, 11) is 0. The number of nitrogens with zero attached hydrogens (tertiary/aromatic N) is 1. The number of rotatable bonds is 5. The molecule has 0 radical (unpaired) electrons. The largest absolute Gasteiger partial charge is 0.326 e. The van der Waals surface area contributed by atoms with Crippen LogP contribution in [0.3, 0.4) is 0 Å². The molecule has 0 aliphatic heterocycles. The first kappa shape index (κ1) is 15.6. The number of nitro groups is 1. The van der Waals surface area contributed by atoms with Crippen LogP contribution in [0.1, 0.15) is 22.8 Å². The Hall–Kier alpha value is -2.80. The molecule has 0 saturated carbocycles. The van der Waals surface area contributed by atoms with Gasteiger partial charge < -0.3 is 5.32 Å². The molecule has 0 unspecified atom stereocenters. The Morgan fingerprint density at radius 2 is 2.09 bits per heavy atom. The zero-order valence-electron chi connectivity index (χ0n) is 11.6. The highest BCUT2D eigenvalue weighted by Gasteiger charge is 2.08. The van der Waals surface area contributed by atoms with Crippen molar-refractivity contribution < 1.29 is 14.5 Å². The van der Waals surface area contributed by atoms with E-state index in [0.717, 1.165) is 11.3 Å². The molecule has 1 heterocycles. The lowest BCUT2D eigenvalue weighted by Crippen LogP contribution is -2.06. The van der Waals surface area contributed by atoms with Gasteiger partial charge in [-0.25, -0.2) is 0 Å². The van der Waals surface area contributed by atoms with Crippen LogP contribution in [0.15, 0.2) is 41.8 Å². The molecule has 1 amide bonds. The normalized spacial score (nSPS) is 10.6. The topological polar surface area (TPSA) is 89.3 Å². The van der Waals surface area contributed by atoms with Gasteiger partial charge in [0.1, 0.15) is 0 Å². The van der Waals surface area contributed by atoms with Gasteiger partial charge in [0.2, 0.25) is 5.91 Å². The summed E-state index contributed by atoms with van der Waals surface area (Å²) in [5.74, 6) is -0.466. The highest BCUT2D eigenvalue weighted by molar-refractivity contribution is 7.13. The summed E-state index contributed by atoms with van der Waals surface area (Å²) in [6.45, 7) is 1.39. The lowest BCUT2D eigenvalue weighted by Gasteiger charge is -2.03. The molecule has 2 aromatic rings. The molecule has 112 valence electrons. The molecule has 1 aromatic carbocycles. The zero-order chi connectivity index (χ0) is 16.1. The first-order valence-corrected chi connectivity index (χ1v) is 7.16. The van der Waals surface area contributed by atoms with Gasteiger partial charge in [-0.3, -0.25) is 19.7 Å². The first-order valence-electron chi connectivity index (χ1n) is 6.28. The maximum absolute atomic E-state index is 12.1. The highest BCUT2D eigenvalue weighted by Crippen LogP contribution is 2.23. The van der Waals surface area contributed by atoms with Gasteiger partial charge in [0.05, 0.1) is 4.92 Å². The number of thiophene rings is 1. The van der Waals surface area contributed by atoms with Gasteiger partial charge in [0.25, 0.3) is 0 Å². The maximum atomic E-state index is 12.1. The van der Waals surface area contributed by atoms with Gasteiger partial charge in [-0.2, -0.15) is 0 Å². The van der Waals surface area contributed by atoms with Crippen molar-refractivity contribution in [2.75, 3.05) is 5.32 Å². The summed E-state index contributed by atoms with van der Waals surface area (Å²) in [6, 6.07) is 7.96. The van der Waals surface area contributed by atoms with E-state index in [0.29, 0.717) is 16.8 Å². The number of amides is 1. The van der Waals surface area contributed by atoms with Crippen LogP contribution in [0.25, 0.3) is 6.08 Å². The van der Waals surface area contributed by atoms with E-state index in [2.05, 4.69) is 5.32 Å². The molecular formula is C15H12N2O4S. The Kier molecular flexibility index (Phi) is 4.80. The Balaban J connectivity index is 2.12. The fraction of sp³-hybridized carbons (Fsp3) is 0.0667. The number of ketones is 1. The zero-order valence-corrected chi connectivity index (χ0v) is 12.4. The van der Waals surface area contributed by atoms with Gasteiger partial charge in [-0.05, 0) is 29.8 Å². The summed E-state index contributed by atoms with van der Waals surface area (Å²) >= 11 is 1.01. The Morgan fingerprint density at radius 3 is 2.73 bits per heavy atom. The molecule has 0 fully saturated rings. The molecule has 7 heteroatoms. The van der Waals surface area contributed by atoms with Crippen LogP contribution in [0.2, 0.25) is 0 Å². The van der Waals surface area contributed by atoms with E-state index >= 15 is 0 Å². The second-order valence-electron chi connectivity index (χ2n) is 4.43. The smallest absolute Gasteiger partial charge is 0.324 e. The fourth-order valence-corrected chi connectivity index (χ4v) is 2.44. The number of carbonyl (C=O) groups is 2. The third-order valence-corrected chi connectivity index (χ3v) is 3.58. The van der Waals surface area contributed by atoms with Crippen LogP contribution in [0.4, 0.5) is 10.7 Å². The Labute approximate surface area is 130 Å². The minimum atomic E-state index is -0.471. The lowest BCUT2D eigenvalue weighted by atomic mass is 10.1. The van der Waals surface area contributed by atoms with E-state index in [9.17, 15) is 19.7 Å². The monoisotopic (exact) mass is 316 g/mol. The van der Waals surface area contributed by atoms with Gasteiger partial charge in [0, 0.05) is 29.6 Å². The van der Waals surface area contributed by atoms with Crippen LogP contribution in [0, 0.1) is 10.1 Å². The van der Waals surface area contributed by atoms with Crippen LogP contribution < -0.4 is 5.32 Å². The Bertz CT molecular complexity index is 764. The third kappa shape index (κ3) is 4.10. The van der Waals surface area contributed by atoms with Crippen molar-refractivity contribution in [3.8, 4) is 0 Å². The second kappa shape index (κ2) is 6.77. The highest BCUT2D eigenvalue weighted by atomic mass is 32.1. The number of hydrogen-bond donors (Lipinski definition) is 1. The average molecular weight is 316 g/mol. The predicted molar refractivity (Wildman–Crippen MR) is 85.1 cm³/mol. The SMILES string of the molecule is CC(=O)Nc1cccc(C(=O)/C=C/c2csc([N+](=O)[O-])c2)c1. The molecular weight excluding hydrogens is 304 g/mol. The molecule has 22 heavy (non-hydrogen) atoms. The molecule has 0 saturated heterocycles. The number of allylic oxidation sites excluding steroid dienone is 1. The molecule has 0 atom stereocenters. The quantitative estimate of drug-likeness (QED) is 0.395. The van der Waals surface area contributed by atoms with Gasteiger partial charge >= 0.3 is 5.00 Å². The van der Waals surface area contributed by atoms with E-state index in [1.165, 1.54) is 25.1 Å². The number of carbonyl (C=O) groups excluding carboxylic acids is 2. The molecule has 0 bridgehead atoms. The van der Waals surface area contributed by atoms with Gasteiger partial charge in [-0.1, -0.05) is 23.5 Å². The van der Waals surface area contributed by atoms with Crippen LogP contribution >= 0.6 is 11.3 Å². The number of hydrogen-bond acceptors (Lipinski definition) is 5. The summed E-state index contributed by atoms with van der Waals surface area (Å²) in [6.07, 6.45) is 2.87. The molecule has 0 aliphatic rings. The second-order valence-corrected chi connectivity index (χ2v) is 5.32. The third-order valence-electron chi connectivity index (χ3n) is 2.68. The molecule has 1 aromatic heterocycles. The summed E-state index contributed by atoms with van der Waals surface area (Å²) in [5.41, 5.74) is 1.56. The maximum Gasteiger partial charge on any atom is 0.324 e. The van der Waals surface area contributed by atoms with Crippen molar-refractivity contribution in [1.82, 2.24) is 0 Å². The van der Waals surface area contributed by atoms with Crippen LogP contribution in [-0.4, -0.2) is 16.6 Å². The predicted octanol–water partition coefficient (Wildman–Crippen LogP) is 3.51. The van der Waals surface area contributed by atoms with Crippen LogP contribution in [-0.2, 0) is 4.79 Å². The van der Waals surface area contributed by atoms with Crippen molar-refractivity contribution in [3.05, 3.63) is 63.0 Å². The van der Waals surface area contributed by atoms with Crippen molar-refractivity contribution in [1.29, 1.82) is 0 Å². The molecule has 0 spiro atoms. The van der Waals surface area contributed by atoms with E-state index in [1.54, 1.807) is 29.6 Å². The van der Waals surface area contributed by atoms with Gasteiger partial charge in [0.15, 0.2) is 5.78 Å². The molecule has 0 aliphatic carbocycles. The van der Waals surface area contributed by atoms with Crippen molar-refractivity contribution in [2.24, 2.45) is 0 Å². The Morgan fingerprint density at radius 1 is 1.32 bits per heavy atom. The molecule has 2 rings (SSSR count). The van der Waals surface area contributed by atoms with Crippen LogP contribution in [0.5, 0.6) is 0 Å². The number of anilines is 1. The van der Waals surface area contributed by atoms with E-state index in [4.69, 9.17) is 0 Å². The lowest BCUT2D eigenvalue weighted by molar-refractivity contribution is -0.380. The van der Waals surface area contributed by atoms with Crippen molar-refractivity contribution in [3.63, 3.8) is 0 Å². The summed E-state index contributed by atoms with van der Waals surface area (Å²) in [4.78, 5) is 33.2. The minimum Gasteiger partial charge on any atom is -0.326 e. The fourth-order valence-electron chi connectivity index (χ4n) is 1.74. The standard InChI is InChI=1S/C15H12N2O4S/c1-10(18)16-13-4-2-3-12(8-13)14(19)6-5-11-7-15(17(20)21)22-9-11/h2-9H,1H3,(H,16,18)/b6-5+. The van der Waals surface area contributed by atoms with Crippen molar-refractivity contribution in [2.45, 2.75) is 6.92 Å². The minimum absolute atomic E-state index is 0.0276. The van der Waals surface area contributed by atoms with E-state index < -0.39 is 4.92 Å². The summed E-state index contributed by atoms with van der Waals surface area (Å²) in [5, 5.41) is 14.8.